The largest absolute Gasteiger partial charge is 0.322 e. The molecule has 0 radical (unpaired) electrons. The number of amides is 1. The maximum absolute atomic E-state index is 12.5. The minimum atomic E-state index is -0.169. The molecule has 3 aromatic carbocycles. The molecular formula is C24H19N3O2. The van der Waals surface area contributed by atoms with Crippen molar-refractivity contribution >= 4 is 11.6 Å². The van der Waals surface area contributed by atoms with Crippen LogP contribution >= 0.6 is 0 Å². The zero-order chi connectivity index (χ0) is 20.2. The van der Waals surface area contributed by atoms with Crippen molar-refractivity contribution in [3.63, 3.8) is 0 Å². The van der Waals surface area contributed by atoms with Crippen molar-refractivity contribution in [3.8, 4) is 22.4 Å². The summed E-state index contributed by atoms with van der Waals surface area (Å²) in [5.74, 6) is -0.169. The van der Waals surface area contributed by atoms with Gasteiger partial charge in [0.2, 0.25) is 0 Å². The predicted octanol–water partition coefficient (Wildman–Crippen LogP) is 4.37. The molecule has 4 rings (SSSR count). The van der Waals surface area contributed by atoms with Crippen LogP contribution < -0.4 is 10.9 Å². The molecule has 0 saturated carbocycles. The highest BCUT2D eigenvalue weighted by atomic mass is 16.1. The van der Waals surface area contributed by atoms with E-state index in [2.05, 4.69) is 10.4 Å². The fourth-order valence-corrected chi connectivity index (χ4v) is 3.03. The smallest absolute Gasteiger partial charge is 0.266 e. The molecule has 5 nitrogen and oxygen atoms in total. The Labute approximate surface area is 168 Å². The van der Waals surface area contributed by atoms with E-state index in [1.54, 1.807) is 13.1 Å². The van der Waals surface area contributed by atoms with E-state index in [0.29, 0.717) is 16.9 Å². The molecule has 0 aliphatic heterocycles. The summed E-state index contributed by atoms with van der Waals surface area (Å²) in [6, 6.07) is 28.1. The van der Waals surface area contributed by atoms with Gasteiger partial charge in [0.1, 0.15) is 0 Å². The highest BCUT2D eigenvalue weighted by Crippen LogP contribution is 2.21. The lowest BCUT2D eigenvalue weighted by atomic mass is 10.0. The summed E-state index contributed by atoms with van der Waals surface area (Å²) in [5, 5.41) is 7.13. The third-order valence-corrected chi connectivity index (χ3v) is 4.65. The van der Waals surface area contributed by atoms with Crippen molar-refractivity contribution in [1.29, 1.82) is 0 Å². The first kappa shape index (κ1) is 18.4. The van der Waals surface area contributed by atoms with Gasteiger partial charge in [-0.25, -0.2) is 4.68 Å². The van der Waals surface area contributed by atoms with Crippen molar-refractivity contribution in [3.05, 3.63) is 107 Å². The fourth-order valence-electron chi connectivity index (χ4n) is 3.03. The quantitative estimate of drug-likeness (QED) is 0.571. The van der Waals surface area contributed by atoms with Crippen molar-refractivity contribution in [2.24, 2.45) is 7.05 Å². The molecule has 4 aromatic rings. The average molecular weight is 381 g/mol. The number of hydrogen-bond donors (Lipinski definition) is 1. The molecule has 5 heteroatoms. The Kier molecular flexibility index (Phi) is 5.03. The van der Waals surface area contributed by atoms with Crippen molar-refractivity contribution in [1.82, 2.24) is 9.78 Å². The standard InChI is InChI=1S/C24H19N3O2/c1-27-23(28)16-15-22(26-27)19-11-13-21(14-12-19)25-24(29)20-9-7-18(8-10-20)17-5-3-2-4-6-17/h2-16H,1H3,(H,25,29). The number of benzene rings is 3. The Morgan fingerprint density at radius 3 is 2.03 bits per heavy atom. The minimum Gasteiger partial charge on any atom is -0.322 e. The zero-order valence-corrected chi connectivity index (χ0v) is 15.9. The molecule has 0 aliphatic carbocycles. The molecule has 0 unspecified atom stereocenters. The lowest BCUT2D eigenvalue weighted by Crippen LogP contribution is -2.18. The second-order valence-electron chi connectivity index (χ2n) is 6.66. The molecule has 1 heterocycles. The number of nitrogens with one attached hydrogen (secondary N) is 1. The topological polar surface area (TPSA) is 64.0 Å². The van der Waals surface area contributed by atoms with Gasteiger partial charge in [-0.05, 0) is 41.5 Å². The van der Waals surface area contributed by atoms with Gasteiger partial charge >= 0.3 is 0 Å². The van der Waals surface area contributed by atoms with Crippen molar-refractivity contribution in [2.75, 3.05) is 5.32 Å². The minimum absolute atomic E-state index is 0.157. The maximum atomic E-state index is 12.5. The molecule has 0 bridgehead atoms. The summed E-state index contributed by atoms with van der Waals surface area (Å²) in [7, 11) is 1.61. The first-order chi connectivity index (χ1) is 14.1. The highest BCUT2D eigenvalue weighted by molar-refractivity contribution is 6.04. The Morgan fingerprint density at radius 2 is 1.38 bits per heavy atom. The lowest BCUT2D eigenvalue weighted by molar-refractivity contribution is 0.102. The first-order valence-corrected chi connectivity index (χ1v) is 9.22. The van der Waals surface area contributed by atoms with Crippen LogP contribution in [0.15, 0.2) is 95.8 Å². The van der Waals surface area contributed by atoms with Crippen LogP contribution in [0, 0.1) is 0 Å². The SMILES string of the molecule is Cn1nc(-c2ccc(NC(=O)c3ccc(-c4ccccc4)cc3)cc2)ccc1=O. The van der Waals surface area contributed by atoms with Crippen LogP contribution in [0.1, 0.15) is 10.4 Å². The number of carbonyl (C=O) groups is 1. The highest BCUT2D eigenvalue weighted by Gasteiger charge is 2.08. The number of anilines is 1. The first-order valence-electron chi connectivity index (χ1n) is 9.22. The van der Waals surface area contributed by atoms with Crippen molar-refractivity contribution < 1.29 is 4.79 Å². The molecule has 0 saturated heterocycles. The van der Waals surface area contributed by atoms with E-state index in [1.165, 1.54) is 10.7 Å². The third kappa shape index (κ3) is 4.14. The molecule has 0 atom stereocenters. The van der Waals surface area contributed by atoms with Crippen LogP contribution in [0.5, 0.6) is 0 Å². The van der Waals surface area contributed by atoms with Gasteiger partial charge in [0.25, 0.3) is 11.5 Å². The van der Waals surface area contributed by atoms with Gasteiger partial charge in [-0.15, -0.1) is 0 Å². The van der Waals surface area contributed by atoms with E-state index >= 15 is 0 Å². The summed E-state index contributed by atoms with van der Waals surface area (Å²) >= 11 is 0. The molecule has 0 fully saturated rings. The van der Waals surface area contributed by atoms with Crippen LogP contribution in [0.25, 0.3) is 22.4 Å². The summed E-state index contributed by atoms with van der Waals surface area (Å²) < 4.78 is 1.30. The number of aryl methyl sites for hydroxylation is 1. The molecule has 1 N–H and O–H groups in total. The second-order valence-corrected chi connectivity index (χ2v) is 6.66. The summed E-state index contributed by atoms with van der Waals surface area (Å²) in [5.41, 5.74) is 4.87. The van der Waals surface area contributed by atoms with Gasteiger partial charge in [0, 0.05) is 29.9 Å². The summed E-state index contributed by atoms with van der Waals surface area (Å²) in [4.78, 5) is 24.0. The van der Waals surface area contributed by atoms with E-state index in [1.807, 2.05) is 78.9 Å². The summed E-state index contributed by atoms with van der Waals surface area (Å²) in [6.07, 6.45) is 0. The van der Waals surface area contributed by atoms with Gasteiger partial charge in [-0.2, -0.15) is 5.10 Å². The Hall–Kier alpha value is -3.99. The van der Waals surface area contributed by atoms with Crippen LogP contribution in [0.2, 0.25) is 0 Å². The normalized spacial score (nSPS) is 10.5. The molecule has 1 amide bonds. The zero-order valence-electron chi connectivity index (χ0n) is 15.9. The number of aromatic nitrogens is 2. The number of nitrogens with zero attached hydrogens (tertiary/aromatic N) is 2. The second kappa shape index (κ2) is 7.94. The predicted molar refractivity (Wildman–Crippen MR) is 115 cm³/mol. The molecule has 0 aliphatic rings. The van der Waals surface area contributed by atoms with E-state index in [9.17, 15) is 9.59 Å². The fraction of sp³-hybridized carbons (Fsp3) is 0.0417. The van der Waals surface area contributed by atoms with E-state index in [0.717, 1.165) is 16.7 Å². The molecule has 0 spiro atoms. The van der Waals surface area contributed by atoms with Crippen LogP contribution in [0.4, 0.5) is 5.69 Å². The third-order valence-electron chi connectivity index (χ3n) is 4.65. The van der Waals surface area contributed by atoms with Crippen LogP contribution in [-0.4, -0.2) is 15.7 Å². The number of rotatable bonds is 4. The number of hydrogen-bond acceptors (Lipinski definition) is 3. The van der Waals surface area contributed by atoms with Crippen LogP contribution in [0.3, 0.4) is 0 Å². The van der Waals surface area contributed by atoms with Crippen molar-refractivity contribution in [2.45, 2.75) is 0 Å². The molecule has 29 heavy (non-hydrogen) atoms. The average Bonchev–Trinajstić information content (AvgIpc) is 2.77. The van der Waals surface area contributed by atoms with Crippen LogP contribution in [-0.2, 0) is 7.05 Å². The molecule has 142 valence electrons. The Balaban J connectivity index is 1.47. The van der Waals surface area contributed by atoms with Gasteiger partial charge in [0.05, 0.1) is 5.69 Å². The maximum Gasteiger partial charge on any atom is 0.266 e. The summed E-state index contributed by atoms with van der Waals surface area (Å²) in [6.45, 7) is 0. The molecular weight excluding hydrogens is 362 g/mol. The monoisotopic (exact) mass is 381 g/mol. The van der Waals surface area contributed by atoms with E-state index < -0.39 is 0 Å². The lowest BCUT2D eigenvalue weighted by Gasteiger charge is -2.08. The van der Waals surface area contributed by atoms with E-state index in [-0.39, 0.29) is 11.5 Å². The van der Waals surface area contributed by atoms with Gasteiger partial charge in [-0.3, -0.25) is 9.59 Å². The number of carbonyl (C=O) groups excluding carboxylic acids is 1. The van der Waals surface area contributed by atoms with Gasteiger partial charge in [-0.1, -0.05) is 54.6 Å². The Bertz CT molecular complexity index is 1200. The van der Waals surface area contributed by atoms with Gasteiger partial charge in [0.15, 0.2) is 0 Å². The molecule has 1 aromatic heterocycles. The van der Waals surface area contributed by atoms with E-state index in [4.69, 9.17) is 0 Å². The Morgan fingerprint density at radius 1 is 0.759 bits per heavy atom. The van der Waals surface area contributed by atoms with Gasteiger partial charge < -0.3 is 5.32 Å².